The van der Waals surface area contributed by atoms with E-state index in [1.807, 2.05) is 0 Å². The van der Waals surface area contributed by atoms with Crippen LogP contribution in [0.2, 0.25) is 0 Å². The zero-order chi connectivity index (χ0) is 18.0. The standard InChI is InChI=1S/C17H14FN3O3S/c1-12-5-6-14(18)16(10-12)25(23,24)21-9-7-13(11-21)20-17(22)15-4-2-3-8-19-15/h2-11H,1H3,(H,20,22). The van der Waals surface area contributed by atoms with E-state index in [0.717, 1.165) is 10.0 Å². The van der Waals surface area contributed by atoms with Crippen molar-refractivity contribution in [1.29, 1.82) is 0 Å². The molecule has 0 saturated heterocycles. The van der Waals surface area contributed by atoms with Gasteiger partial charge in [-0.05, 0) is 42.8 Å². The van der Waals surface area contributed by atoms with E-state index in [4.69, 9.17) is 0 Å². The second-order valence-electron chi connectivity index (χ2n) is 5.34. The van der Waals surface area contributed by atoms with Crippen LogP contribution >= 0.6 is 0 Å². The van der Waals surface area contributed by atoms with Crippen molar-refractivity contribution < 1.29 is 17.6 Å². The molecule has 2 aromatic heterocycles. The zero-order valence-corrected chi connectivity index (χ0v) is 14.0. The first kappa shape index (κ1) is 16.8. The van der Waals surface area contributed by atoms with E-state index in [1.54, 1.807) is 19.1 Å². The van der Waals surface area contributed by atoms with E-state index in [-0.39, 0.29) is 11.4 Å². The number of carbonyl (C=O) groups is 1. The first-order chi connectivity index (χ1) is 11.9. The first-order valence-corrected chi connectivity index (χ1v) is 8.74. The number of amides is 1. The predicted molar refractivity (Wildman–Crippen MR) is 90.3 cm³/mol. The molecule has 0 spiro atoms. The third-order valence-corrected chi connectivity index (χ3v) is 5.12. The van der Waals surface area contributed by atoms with Crippen LogP contribution in [0.3, 0.4) is 0 Å². The Hall–Kier alpha value is -3.00. The van der Waals surface area contributed by atoms with Crippen molar-refractivity contribution in [2.75, 3.05) is 5.32 Å². The summed E-state index contributed by atoms with van der Waals surface area (Å²) >= 11 is 0. The first-order valence-electron chi connectivity index (χ1n) is 7.30. The van der Waals surface area contributed by atoms with E-state index in [1.165, 1.54) is 42.9 Å². The number of nitrogens with zero attached hydrogens (tertiary/aromatic N) is 2. The third kappa shape index (κ3) is 3.43. The van der Waals surface area contributed by atoms with Gasteiger partial charge in [0.25, 0.3) is 15.9 Å². The second kappa shape index (κ2) is 6.48. The summed E-state index contributed by atoms with van der Waals surface area (Å²) in [5.41, 5.74) is 1.07. The maximum Gasteiger partial charge on any atom is 0.274 e. The van der Waals surface area contributed by atoms with E-state index < -0.39 is 26.6 Å². The Morgan fingerprint density at radius 1 is 1.20 bits per heavy atom. The largest absolute Gasteiger partial charge is 0.319 e. The van der Waals surface area contributed by atoms with Gasteiger partial charge in [-0.3, -0.25) is 9.78 Å². The van der Waals surface area contributed by atoms with Crippen LogP contribution in [0.1, 0.15) is 16.1 Å². The molecular formula is C17H14FN3O3S. The van der Waals surface area contributed by atoms with Crippen molar-refractivity contribution in [3.8, 4) is 0 Å². The van der Waals surface area contributed by atoms with Crippen LogP contribution in [-0.4, -0.2) is 23.3 Å². The minimum atomic E-state index is -4.10. The van der Waals surface area contributed by atoms with Gasteiger partial charge in [0.2, 0.25) is 0 Å². The number of benzene rings is 1. The Morgan fingerprint density at radius 2 is 2.00 bits per heavy atom. The van der Waals surface area contributed by atoms with Crippen LogP contribution in [0.4, 0.5) is 10.1 Å². The van der Waals surface area contributed by atoms with Gasteiger partial charge in [0.15, 0.2) is 0 Å². The molecule has 3 aromatic rings. The molecule has 0 aliphatic heterocycles. The lowest BCUT2D eigenvalue weighted by atomic mass is 10.2. The number of hydrogen-bond acceptors (Lipinski definition) is 4. The van der Waals surface area contributed by atoms with Crippen molar-refractivity contribution in [3.63, 3.8) is 0 Å². The second-order valence-corrected chi connectivity index (χ2v) is 7.15. The van der Waals surface area contributed by atoms with Crippen molar-refractivity contribution >= 4 is 21.6 Å². The lowest BCUT2D eigenvalue weighted by Gasteiger charge is -2.07. The van der Waals surface area contributed by atoms with E-state index in [2.05, 4.69) is 10.3 Å². The molecule has 0 aliphatic carbocycles. The lowest BCUT2D eigenvalue weighted by molar-refractivity contribution is 0.102. The number of aromatic nitrogens is 2. The highest BCUT2D eigenvalue weighted by Gasteiger charge is 2.21. The van der Waals surface area contributed by atoms with Crippen molar-refractivity contribution in [2.24, 2.45) is 0 Å². The summed E-state index contributed by atoms with van der Waals surface area (Å²) in [6, 6.07) is 10.1. The highest BCUT2D eigenvalue weighted by Crippen LogP contribution is 2.21. The zero-order valence-electron chi connectivity index (χ0n) is 13.2. The predicted octanol–water partition coefficient (Wildman–Crippen LogP) is 2.82. The summed E-state index contributed by atoms with van der Waals surface area (Å²) in [7, 11) is -4.10. The average molecular weight is 359 g/mol. The summed E-state index contributed by atoms with van der Waals surface area (Å²) in [6.07, 6.45) is 3.92. The maximum atomic E-state index is 13.9. The molecule has 25 heavy (non-hydrogen) atoms. The highest BCUT2D eigenvalue weighted by atomic mass is 32.2. The third-order valence-electron chi connectivity index (χ3n) is 3.46. The van der Waals surface area contributed by atoms with Crippen LogP contribution in [0, 0.1) is 12.7 Å². The Kier molecular flexibility index (Phi) is 4.37. The Labute approximate surface area is 144 Å². The molecule has 8 heteroatoms. The number of rotatable bonds is 4. The molecule has 128 valence electrons. The van der Waals surface area contributed by atoms with Crippen LogP contribution in [0.25, 0.3) is 0 Å². The average Bonchev–Trinajstić information content (AvgIpc) is 3.07. The summed E-state index contributed by atoms with van der Waals surface area (Å²) in [4.78, 5) is 15.5. The number of nitrogens with one attached hydrogen (secondary N) is 1. The topological polar surface area (TPSA) is 81.1 Å². The molecule has 0 aliphatic rings. The van der Waals surface area contributed by atoms with Crippen LogP contribution in [0.15, 0.2) is 66.0 Å². The van der Waals surface area contributed by atoms with Gasteiger partial charge in [0.1, 0.15) is 16.4 Å². The van der Waals surface area contributed by atoms with Crippen molar-refractivity contribution in [2.45, 2.75) is 11.8 Å². The molecule has 0 saturated carbocycles. The Bertz CT molecular complexity index is 1030. The van der Waals surface area contributed by atoms with Gasteiger partial charge in [0.05, 0.1) is 5.69 Å². The fourth-order valence-corrected chi connectivity index (χ4v) is 3.56. The van der Waals surface area contributed by atoms with Gasteiger partial charge in [-0.2, -0.15) is 0 Å². The monoisotopic (exact) mass is 359 g/mol. The van der Waals surface area contributed by atoms with Crippen LogP contribution in [-0.2, 0) is 10.0 Å². The van der Waals surface area contributed by atoms with E-state index >= 15 is 0 Å². The number of aryl methyl sites for hydroxylation is 1. The summed E-state index contributed by atoms with van der Waals surface area (Å²) in [5, 5.41) is 2.55. The molecule has 2 heterocycles. The molecule has 1 amide bonds. The SMILES string of the molecule is Cc1ccc(F)c(S(=O)(=O)n2ccc(NC(=O)c3ccccn3)c2)c1. The summed E-state index contributed by atoms with van der Waals surface area (Å²) in [5.74, 6) is -1.31. The molecule has 1 N–H and O–H groups in total. The van der Waals surface area contributed by atoms with Crippen molar-refractivity contribution in [1.82, 2.24) is 8.96 Å². The molecule has 0 radical (unpaired) electrons. The summed E-state index contributed by atoms with van der Waals surface area (Å²) < 4.78 is 39.9. The van der Waals surface area contributed by atoms with Gasteiger partial charge in [0, 0.05) is 18.6 Å². The number of carbonyl (C=O) groups excluding carboxylic acids is 1. The number of hydrogen-bond donors (Lipinski definition) is 1. The van der Waals surface area contributed by atoms with Crippen molar-refractivity contribution in [3.05, 3.63) is 78.1 Å². The highest BCUT2D eigenvalue weighted by molar-refractivity contribution is 7.90. The minimum absolute atomic E-state index is 0.197. The normalized spacial score (nSPS) is 11.3. The molecule has 0 unspecified atom stereocenters. The lowest BCUT2D eigenvalue weighted by Crippen LogP contribution is -2.14. The molecule has 0 bridgehead atoms. The smallest absolute Gasteiger partial charge is 0.274 e. The fraction of sp³-hybridized carbons (Fsp3) is 0.0588. The molecular weight excluding hydrogens is 345 g/mol. The van der Waals surface area contributed by atoms with Crippen LogP contribution < -0.4 is 5.32 Å². The van der Waals surface area contributed by atoms with Gasteiger partial charge >= 0.3 is 0 Å². The number of anilines is 1. The summed E-state index contributed by atoms with van der Waals surface area (Å²) in [6.45, 7) is 1.67. The van der Waals surface area contributed by atoms with E-state index in [9.17, 15) is 17.6 Å². The fourth-order valence-electron chi connectivity index (χ4n) is 2.21. The molecule has 6 nitrogen and oxygen atoms in total. The Balaban J connectivity index is 1.88. The molecule has 0 fully saturated rings. The molecule has 1 aromatic carbocycles. The van der Waals surface area contributed by atoms with E-state index in [0.29, 0.717) is 5.56 Å². The van der Waals surface area contributed by atoms with Crippen LogP contribution in [0.5, 0.6) is 0 Å². The number of pyridine rings is 1. The van der Waals surface area contributed by atoms with Gasteiger partial charge in [-0.1, -0.05) is 12.1 Å². The molecule has 3 rings (SSSR count). The quantitative estimate of drug-likeness (QED) is 0.777. The molecule has 0 atom stereocenters. The minimum Gasteiger partial charge on any atom is -0.319 e. The van der Waals surface area contributed by atoms with Gasteiger partial charge in [-0.25, -0.2) is 16.8 Å². The van der Waals surface area contributed by atoms with Gasteiger partial charge < -0.3 is 5.32 Å². The maximum absolute atomic E-state index is 13.9. The number of halogens is 1. The Morgan fingerprint density at radius 3 is 2.72 bits per heavy atom. The van der Waals surface area contributed by atoms with Gasteiger partial charge in [-0.15, -0.1) is 0 Å².